The van der Waals surface area contributed by atoms with Crippen molar-refractivity contribution in [1.29, 1.82) is 0 Å². The second kappa shape index (κ2) is 9.63. The molecule has 0 spiro atoms. The summed E-state index contributed by atoms with van der Waals surface area (Å²) in [5, 5.41) is 3.07. The molecule has 1 aliphatic carbocycles. The number of furan rings is 1. The SMILES string of the molecule is CCC(=O)N(Cc1ccco1)Cc1cc(NC(=O)C2CCCC2)ccc1N(C)C. The van der Waals surface area contributed by atoms with Crippen LogP contribution in [0.2, 0.25) is 0 Å². The van der Waals surface area contributed by atoms with E-state index < -0.39 is 0 Å². The van der Waals surface area contributed by atoms with Crippen molar-refractivity contribution in [1.82, 2.24) is 4.90 Å². The lowest BCUT2D eigenvalue weighted by Crippen LogP contribution is -2.30. The van der Waals surface area contributed by atoms with Gasteiger partial charge in [0.05, 0.1) is 12.8 Å². The predicted octanol–water partition coefficient (Wildman–Crippen LogP) is 4.41. The van der Waals surface area contributed by atoms with Gasteiger partial charge < -0.3 is 19.5 Å². The van der Waals surface area contributed by atoms with Crippen LogP contribution < -0.4 is 10.2 Å². The van der Waals surface area contributed by atoms with Gasteiger partial charge in [0, 0.05) is 44.4 Å². The molecule has 1 saturated carbocycles. The van der Waals surface area contributed by atoms with Gasteiger partial charge in [-0.25, -0.2) is 0 Å². The monoisotopic (exact) mass is 397 g/mol. The Kier molecular flexibility index (Phi) is 6.96. The van der Waals surface area contributed by atoms with Gasteiger partial charge in [-0.15, -0.1) is 0 Å². The highest BCUT2D eigenvalue weighted by Gasteiger charge is 2.23. The van der Waals surface area contributed by atoms with Crippen molar-refractivity contribution in [2.24, 2.45) is 5.92 Å². The fourth-order valence-corrected chi connectivity index (χ4v) is 3.91. The molecule has 0 atom stereocenters. The Bertz CT molecular complexity index is 824. The van der Waals surface area contributed by atoms with Crippen molar-refractivity contribution in [3.05, 3.63) is 47.9 Å². The van der Waals surface area contributed by atoms with Gasteiger partial charge in [-0.2, -0.15) is 0 Å². The van der Waals surface area contributed by atoms with Crippen LogP contribution in [0.1, 0.15) is 50.4 Å². The van der Waals surface area contributed by atoms with Crippen LogP contribution >= 0.6 is 0 Å². The number of nitrogens with zero attached hydrogens (tertiary/aromatic N) is 2. The Hall–Kier alpha value is -2.76. The van der Waals surface area contributed by atoms with Gasteiger partial charge in [0.15, 0.2) is 0 Å². The second-order valence-corrected chi connectivity index (χ2v) is 7.89. The summed E-state index contributed by atoms with van der Waals surface area (Å²) in [6.45, 7) is 2.74. The average Bonchev–Trinajstić information content (AvgIpc) is 3.41. The van der Waals surface area contributed by atoms with Gasteiger partial charge in [0.1, 0.15) is 5.76 Å². The molecule has 2 amide bonds. The van der Waals surface area contributed by atoms with E-state index in [1.165, 1.54) is 0 Å². The molecular weight excluding hydrogens is 366 g/mol. The van der Waals surface area contributed by atoms with E-state index in [-0.39, 0.29) is 17.7 Å². The zero-order chi connectivity index (χ0) is 20.8. The van der Waals surface area contributed by atoms with Crippen LogP contribution in [-0.2, 0) is 22.7 Å². The predicted molar refractivity (Wildman–Crippen MR) is 115 cm³/mol. The maximum Gasteiger partial charge on any atom is 0.227 e. The minimum absolute atomic E-state index is 0.0616. The summed E-state index contributed by atoms with van der Waals surface area (Å²) in [6, 6.07) is 9.63. The number of carbonyl (C=O) groups is 2. The molecule has 6 heteroatoms. The van der Waals surface area contributed by atoms with Gasteiger partial charge in [-0.05, 0) is 48.7 Å². The molecular formula is C23H31N3O3. The van der Waals surface area contributed by atoms with Crippen molar-refractivity contribution in [3.8, 4) is 0 Å². The van der Waals surface area contributed by atoms with Crippen LogP contribution in [0.4, 0.5) is 11.4 Å². The standard InChI is InChI=1S/C23H31N3O3/c1-4-22(27)26(16-20-10-7-13-29-20)15-18-14-19(11-12-21(18)25(2)3)24-23(28)17-8-5-6-9-17/h7,10-14,17H,4-6,8-9,15-16H2,1-3H3,(H,24,28). The fraction of sp³-hybridized carbons (Fsp3) is 0.478. The third-order valence-electron chi connectivity index (χ3n) is 5.50. The zero-order valence-corrected chi connectivity index (χ0v) is 17.6. The van der Waals surface area contributed by atoms with Crippen molar-refractivity contribution >= 4 is 23.2 Å². The number of benzene rings is 1. The molecule has 0 radical (unpaired) electrons. The van der Waals surface area contributed by atoms with Crippen LogP contribution in [0, 0.1) is 5.92 Å². The van der Waals surface area contributed by atoms with E-state index >= 15 is 0 Å². The molecule has 1 N–H and O–H groups in total. The first-order chi connectivity index (χ1) is 14.0. The van der Waals surface area contributed by atoms with Gasteiger partial charge in [-0.1, -0.05) is 19.8 Å². The van der Waals surface area contributed by atoms with Crippen LogP contribution in [0.3, 0.4) is 0 Å². The lowest BCUT2D eigenvalue weighted by atomic mass is 10.1. The first-order valence-corrected chi connectivity index (χ1v) is 10.4. The number of anilines is 2. The van der Waals surface area contributed by atoms with E-state index in [4.69, 9.17) is 4.42 Å². The van der Waals surface area contributed by atoms with Crippen molar-refractivity contribution in [2.75, 3.05) is 24.3 Å². The minimum atomic E-state index is 0.0616. The third-order valence-corrected chi connectivity index (χ3v) is 5.50. The molecule has 29 heavy (non-hydrogen) atoms. The van der Waals surface area contributed by atoms with Crippen LogP contribution in [0.5, 0.6) is 0 Å². The smallest absolute Gasteiger partial charge is 0.227 e. The highest BCUT2D eigenvalue weighted by molar-refractivity contribution is 5.93. The van der Waals surface area contributed by atoms with E-state index in [0.717, 1.165) is 48.4 Å². The molecule has 1 fully saturated rings. The first-order valence-electron chi connectivity index (χ1n) is 10.4. The Balaban J connectivity index is 1.81. The third kappa shape index (κ3) is 5.40. The van der Waals surface area contributed by atoms with Crippen molar-refractivity contribution in [2.45, 2.75) is 52.1 Å². The van der Waals surface area contributed by atoms with E-state index in [1.54, 1.807) is 11.2 Å². The molecule has 1 heterocycles. The summed E-state index contributed by atoms with van der Waals surface area (Å²) in [6.07, 6.45) is 6.24. The summed E-state index contributed by atoms with van der Waals surface area (Å²) in [5.41, 5.74) is 2.80. The van der Waals surface area contributed by atoms with Crippen molar-refractivity contribution in [3.63, 3.8) is 0 Å². The van der Waals surface area contributed by atoms with Gasteiger partial charge >= 0.3 is 0 Å². The normalized spacial score (nSPS) is 14.0. The number of carbonyl (C=O) groups excluding carboxylic acids is 2. The molecule has 2 aromatic rings. The fourth-order valence-electron chi connectivity index (χ4n) is 3.91. The summed E-state index contributed by atoms with van der Waals surface area (Å²) >= 11 is 0. The van der Waals surface area contributed by atoms with Crippen LogP contribution in [0.15, 0.2) is 41.0 Å². The van der Waals surface area contributed by atoms with Gasteiger partial charge in [0.25, 0.3) is 0 Å². The Morgan fingerprint density at radius 2 is 1.90 bits per heavy atom. The summed E-state index contributed by atoms with van der Waals surface area (Å²) in [7, 11) is 3.96. The van der Waals surface area contributed by atoms with E-state index in [0.29, 0.717) is 19.5 Å². The molecule has 1 aliphatic rings. The largest absolute Gasteiger partial charge is 0.467 e. The maximum atomic E-state index is 12.6. The van der Waals surface area contributed by atoms with E-state index in [1.807, 2.05) is 56.3 Å². The number of amides is 2. The average molecular weight is 398 g/mol. The summed E-state index contributed by atoms with van der Waals surface area (Å²) in [4.78, 5) is 28.9. The topological polar surface area (TPSA) is 65.8 Å². The summed E-state index contributed by atoms with van der Waals surface area (Å²) in [5.74, 6) is 1.03. The van der Waals surface area contributed by atoms with Gasteiger partial charge in [-0.3, -0.25) is 9.59 Å². The molecule has 0 aliphatic heterocycles. The molecule has 0 bridgehead atoms. The van der Waals surface area contributed by atoms with Gasteiger partial charge in [0.2, 0.25) is 11.8 Å². The maximum absolute atomic E-state index is 12.6. The minimum Gasteiger partial charge on any atom is -0.467 e. The van der Waals surface area contributed by atoms with E-state index in [9.17, 15) is 9.59 Å². The molecule has 3 rings (SSSR count). The molecule has 1 aromatic heterocycles. The Morgan fingerprint density at radius 3 is 2.52 bits per heavy atom. The zero-order valence-electron chi connectivity index (χ0n) is 17.6. The molecule has 156 valence electrons. The highest BCUT2D eigenvalue weighted by Crippen LogP contribution is 2.28. The number of rotatable bonds is 8. The van der Waals surface area contributed by atoms with Crippen LogP contribution in [0.25, 0.3) is 0 Å². The quantitative estimate of drug-likeness (QED) is 0.716. The lowest BCUT2D eigenvalue weighted by molar-refractivity contribution is -0.132. The van der Waals surface area contributed by atoms with E-state index in [2.05, 4.69) is 5.32 Å². The number of hydrogen-bond acceptors (Lipinski definition) is 4. The number of nitrogens with one attached hydrogen (secondary N) is 1. The lowest BCUT2D eigenvalue weighted by Gasteiger charge is -2.25. The second-order valence-electron chi connectivity index (χ2n) is 7.89. The molecule has 0 saturated heterocycles. The molecule has 0 unspecified atom stereocenters. The van der Waals surface area contributed by atoms with Crippen LogP contribution in [-0.4, -0.2) is 30.8 Å². The Morgan fingerprint density at radius 1 is 1.14 bits per heavy atom. The highest BCUT2D eigenvalue weighted by atomic mass is 16.3. The molecule has 6 nitrogen and oxygen atoms in total. The van der Waals surface area contributed by atoms with Crippen molar-refractivity contribution < 1.29 is 14.0 Å². The first kappa shape index (κ1) is 21.0. The number of hydrogen-bond donors (Lipinski definition) is 1. The Labute approximate surface area is 172 Å². The molecule has 1 aromatic carbocycles. The summed E-state index contributed by atoms with van der Waals surface area (Å²) < 4.78 is 5.45.